The van der Waals surface area contributed by atoms with E-state index in [0.29, 0.717) is 11.4 Å². The van der Waals surface area contributed by atoms with Crippen LogP contribution in [0.1, 0.15) is 21.5 Å². The van der Waals surface area contributed by atoms with Crippen molar-refractivity contribution in [1.82, 2.24) is 4.98 Å². The van der Waals surface area contributed by atoms with E-state index in [1.54, 1.807) is 25.4 Å². The van der Waals surface area contributed by atoms with E-state index < -0.39 is 0 Å². The SMILES string of the molecule is COc1ccc(CCNc2cc(C(=O)Nc3ccc(C)cc3)ccn2)cc1. The highest BCUT2D eigenvalue weighted by atomic mass is 16.5. The standard InChI is InChI=1S/C22H23N3O2/c1-16-3-7-19(8-4-16)25-22(26)18-12-14-24-21(15-18)23-13-11-17-5-9-20(27-2)10-6-17/h3-10,12,14-15H,11,13H2,1-2H3,(H,23,24)(H,25,26). The van der Waals surface area contributed by atoms with Crippen molar-refractivity contribution in [1.29, 1.82) is 0 Å². The lowest BCUT2D eigenvalue weighted by atomic mass is 10.1. The Hall–Kier alpha value is -3.34. The molecule has 138 valence electrons. The predicted octanol–water partition coefficient (Wildman–Crippen LogP) is 4.31. The lowest BCUT2D eigenvalue weighted by Gasteiger charge is -2.09. The molecule has 0 bridgehead atoms. The summed E-state index contributed by atoms with van der Waals surface area (Å²) in [5.41, 5.74) is 3.70. The zero-order valence-electron chi connectivity index (χ0n) is 15.5. The molecule has 3 aromatic rings. The zero-order valence-corrected chi connectivity index (χ0v) is 15.5. The molecule has 0 spiro atoms. The first-order valence-electron chi connectivity index (χ1n) is 8.85. The average molecular weight is 361 g/mol. The quantitative estimate of drug-likeness (QED) is 0.658. The third-order valence-corrected chi connectivity index (χ3v) is 4.21. The molecule has 2 N–H and O–H groups in total. The van der Waals surface area contributed by atoms with Crippen LogP contribution in [0, 0.1) is 6.92 Å². The van der Waals surface area contributed by atoms with Gasteiger partial charge in [-0.1, -0.05) is 29.8 Å². The molecule has 5 heteroatoms. The van der Waals surface area contributed by atoms with Gasteiger partial charge in [0.1, 0.15) is 11.6 Å². The van der Waals surface area contributed by atoms with Crippen molar-refractivity contribution in [3.63, 3.8) is 0 Å². The van der Waals surface area contributed by atoms with E-state index in [9.17, 15) is 4.79 Å². The van der Waals surface area contributed by atoms with Gasteiger partial charge in [-0.3, -0.25) is 4.79 Å². The van der Waals surface area contributed by atoms with Crippen molar-refractivity contribution in [3.8, 4) is 5.75 Å². The highest BCUT2D eigenvalue weighted by Gasteiger charge is 2.07. The molecule has 0 fully saturated rings. The molecule has 27 heavy (non-hydrogen) atoms. The van der Waals surface area contributed by atoms with E-state index in [4.69, 9.17) is 4.74 Å². The van der Waals surface area contributed by atoms with E-state index >= 15 is 0 Å². The Bertz CT molecular complexity index is 890. The summed E-state index contributed by atoms with van der Waals surface area (Å²) in [6, 6.07) is 19.2. The number of methoxy groups -OCH3 is 1. The van der Waals surface area contributed by atoms with Gasteiger partial charge in [0, 0.05) is 24.0 Å². The van der Waals surface area contributed by atoms with E-state index in [0.717, 1.165) is 30.0 Å². The van der Waals surface area contributed by atoms with Gasteiger partial charge in [0.25, 0.3) is 5.91 Å². The fourth-order valence-electron chi connectivity index (χ4n) is 2.64. The maximum atomic E-state index is 12.4. The molecule has 0 radical (unpaired) electrons. The van der Waals surface area contributed by atoms with Crippen LogP contribution in [0.15, 0.2) is 66.9 Å². The summed E-state index contributed by atoms with van der Waals surface area (Å²) < 4.78 is 5.16. The number of aryl methyl sites for hydroxylation is 1. The maximum absolute atomic E-state index is 12.4. The number of carbonyl (C=O) groups is 1. The molecule has 0 saturated heterocycles. The van der Waals surface area contributed by atoms with Crippen LogP contribution < -0.4 is 15.4 Å². The third-order valence-electron chi connectivity index (χ3n) is 4.21. The number of benzene rings is 2. The highest BCUT2D eigenvalue weighted by Crippen LogP contribution is 2.14. The van der Waals surface area contributed by atoms with Crippen LogP contribution in [-0.4, -0.2) is 24.5 Å². The second-order valence-corrected chi connectivity index (χ2v) is 6.27. The minimum absolute atomic E-state index is 0.153. The number of aromatic nitrogens is 1. The molecule has 3 rings (SSSR count). The lowest BCUT2D eigenvalue weighted by molar-refractivity contribution is 0.102. The first-order valence-corrected chi connectivity index (χ1v) is 8.85. The van der Waals surface area contributed by atoms with Crippen LogP contribution in [0.4, 0.5) is 11.5 Å². The molecule has 1 aromatic heterocycles. The van der Waals surface area contributed by atoms with Crippen molar-refractivity contribution >= 4 is 17.4 Å². The number of carbonyl (C=O) groups excluding carboxylic acids is 1. The monoisotopic (exact) mass is 361 g/mol. The van der Waals surface area contributed by atoms with Crippen LogP contribution >= 0.6 is 0 Å². The summed E-state index contributed by atoms with van der Waals surface area (Å²) in [5.74, 6) is 1.38. The Balaban J connectivity index is 1.56. The molecular weight excluding hydrogens is 338 g/mol. The van der Waals surface area contributed by atoms with Crippen molar-refractivity contribution in [2.45, 2.75) is 13.3 Å². The van der Waals surface area contributed by atoms with Crippen molar-refractivity contribution in [3.05, 3.63) is 83.6 Å². The first kappa shape index (κ1) is 18.5. The van der Waals surface area contributed by atoms with Gasteiger partial charge < -0.3 is 15.4 Å². The topological polar surface area (TPSA) is 63.2 Å². The number of anilines is 2. The Morgan fingerprint density at radius 2 is 1.78 bits per heavy atom. The minimum atomic E-state index is -0.153. The molecule has 5 nitrogen and oxygen atoms in total. The molecule has 0 unspecified atom stereocenters. The van der Waals surface area contributed by atoms with Gasteiger partial charge in [-0.2, -0.15) is 0 Å². The van der Waals surface area contributed by atoms with Gasteiger partial charge in [0.05, 0.1) is 7.11 Å². The Kier molecular flexibility index (Phi) is 6.05. The summed E-state index contributed by atoms with van der Waals surface area (Å²) in [4.78, 5) is 16.7. The molecule has 0 saturated carbocycles. The number of amides is 1. The van der Waals surface area contributed by atoms with Gasteiger partial charge in [-0.05, 0) is 55.3 Å². The number of nitrogens with one attached hydrogen (secondary N) is 2. The molecule has 0 aliphatic heterocycles. The van der Waals surface area contributed by atoms with E-state index in [1.165, 1.54) is 5.56 Å². The summed E-state index contributed by atoms with van der Waals surface area (Å²) >= 11 is 0. The van der Waals surface area contributed by atoms with Gasteiger partial charge >= 0.3 is 0 Å². The van der Waals surface area contributed by atoms with Gasteiger partial charge in [-0.25, -0.2) is 4.98 Å². The van der Waals surface area contributed by atoms with Crippen molar-refractivity contribution < 1.29 is 9.53 Å². The molecule has 1 heterocycles. The third kappa shape index (κ3) is 5.31. The molecule has 0 aliphatic carbocycles. The number of hydrogen-bond acceptors (Lipinski definition) is 4. The van der Waals surface area contributed by atoms with Gasteiger partial charge in [0.15, 0.2) is 0 Å². The fourth-order valence-corrected chi connectivity index (χ4v) is 2.64. The number of hydrogen-bond donors (Lipinski definition) is 2. The number of nitrogens with zero attached hydrogens (tertiary/aromatic N) is 1. The van der Waals surface area contributed by atoms with Gasteiger partial charge in [-0.15, -0.1) is 0 Å². The number of ether oxygens (including phenoxy) is 1. The lowest BCUT2D eigenvalue weighted by Crippen LogP contribution is -2.13. The number of pyridine rings is 1. The van der Waals surface area contributed by atoms with Gasteiger partial charge in [0.2, 0.25) is 0 Å². The van der Waals surface area contributed by atoms with E-state index in [1.807, 2.05) is 55.5 Å². The van der Waals surface area contributed by atoms with Crippen LogP contribution in [0.5, 0.6) is 5.75 Å². The number of rotatable bonds is 7. The predicted molar refractivity (Wildman–Crippen MR) is 109 cm³/mol. The summed E-state index contributed by atoms with van der Waals surface area (Å²) in [7, 11) is 1.66. The smallest absolute Gasteiger partial charge is 0.255 e. The Labute approximate surface area is 159 Å². The second kappa shape index (κ2) is 8.85. The minimum Gasteiger partial charge on any atom is -0.497 e. The van der Waals surface area contributed by atoms with Crippen molar-refractivity contribution in [2.24, 2.45) is 0 Å². The van der Waals surface area contributed by atoms with E-state index in [2.05, 4.69) is 15.6 Å². The normalized spacial score (nSPS) is 10.3. The molecule has 2 aromatic carbocycles. The summed E-state index contributed by atoms with van der Waals surface area (Å²) in [6.45, 7) is 2.74. The van der Waals surface area contributed by atoms with Crippen LogP contribution in [0.3, 0.4) is 0 Å². The molecular formula is C22H23N3O2. The molecule has 0 atom stereocenters. The largest absolute Gasteiger partial charge is 0.497 e. The van der Waals surface area contributed by atoms with E-state index in [-0.39, 0.29) is 5.91 Å². The Morgan fingerprint density at radius 1 is 1.04 bits per heavy atom. The summed E-state index contributed by atoms with van der Waals surface area (Å²) in [5, 5.41) is 6.17. The van der Waals surface area contributed by atoms with Crippen molar-refractivity contribution in [2.75, 3.05) is 24.3 Å². The maximum Gasteiger partial charge on any atom is 0.255 e. The van der Waals surface area contributed by atoms with Crippen LogP contribution in [0.25, 0.3) is 0 Å². The second-order valence-electron chi connectivity index (χ2n) is 6.27. The highest BCUT2D eigenvalue weighted by molar-refractivity contribution is 6.04. The molecule has 0 aliphatic rings. The fraction of sp³-hybridized carbons (Fsp3) is 0.182. The average Bonchev–Trinajstić information content (AvgIpc) is 2.70. The summed E-state index contributed by atoms with van der Waals surface area (Å²) in [6.07, 6.45) is 2.49. The first-order chi connectivity index (χ1) is 13.1. The van der Waals surface area contributed by atoms with Crippen LogP contribution in [0.2, 0.25) is 0 Å². The molecule has 1 amide bonds. The van der Waals surface area contributed by atoms with Crippen LogP contribution in [-0.2, 0) is 6.42 Å². The Morgan fingerprint density at radius 3 is 2.48 bits per heavy atom. The zero-order chi connectivity index (χ0) is 19.1.